The van der Waals surface area contributed by atoms with Crippen molar-refractivity contribution in [1.29, 1.82) is 0 Å². The zero-order valence-electron chi connectivity index (χ0n) is 18.0. The smallest absolute Gasteiger partial charge is 0.227 e. The van der Waals surface area contributed by atoms with Crippen LogP contribution < -0.4 is 19.7 Å². The number of amides is 2. The van der Waals surface area contributed by atoms with Crippen molar-refractivity contribution in [3.8, 4) is 11.5 Å². The van der Waals surface area contributed by atoms with E-state index in [-0.39, 0.29) is 24.2 Å². The van der Waals surface area contributed by atoms with Gasteiger partial charge in [-0.15, -0.1) is 0 Å². The van der Waals surface area contributed by atoms with Crippen molar-refractivity contribution in [3.63, 3.8) is 0 Å². The van der Waals surface area contributed by atoms with Crippen molar-refractivity contribution in [2.24, 2.45) is 5.92 Å². The highest BCUT2D eigenvalue weighted by atomic mass is 16.6. The molecule has 2 aromatic carbocycles. The van der Waals surface area contributed by atoms with E-state index in [0.29, 0.717) is 25.5 Å². The molecule has 158 valence electrons. The lowest BCUT2D eigenvalue weighted by atomic mass is 9.92. The number of hydrogen-bond donors (Lipinski definition) is 1. The first-order valence-corrected chi connectivity index (χ1v) is 10.3. The molecule has 6 heteroatoms. The molecule has 1 unspecified atom stereocenters. The maximum atomic E-state index is 13.1. The van der Waals surface area contributed by atoms with Crippen LogP contribution in [0.1, 0.15) is 37.0 Å². The summed E-state index contributed by atoms with van der Waals surface area (Å²) in [6, 6.07) is 11.6. The van der Waals surface area contributed by atoms with Crippen LogP contribution in [-0.2, 0) is 15.1 Å². The van der Waals surface area contributed by atoms with Gasteiger partial charge in [0.2, 0.25) is 11.8 Å². The van der Waals surface area contributed by atoms with Crippen molar-refractivity contribution in [1.82, 2.24) is 5.32 Å². The summed E-state index contributed by atoms with van der Waals surface area (Å²) in [5.41, 5.74) is 3.41. The van der Waals surface area contributed by atoms with Gasteiger partial charge in [-0.2, -0.15) is 0 Å². The molecule has 2 aliphatic rings. The van der Waals surface area contributed by atoms with Gasteiger partial charge >= 0.3 is 0 Å². The second-order valence-corrected chi connectivity index (χ2v) is 8.60. The number of carbonyl (C=O) groups is 2. The number of ether oxygens (including phenoxy) is 2. The normalized spacial score (nSPS) is 18.5. The lowest BCUT2D eigenvalue weighted by Gasteiger charge is -2.30. The molecule has 0 aliphatic carbocycles. The van der Waals surface area contributed by atoms with E-state index in [9.17, 15) is 9.59 Å². The Hall–Kier alpha value is -3.02. The number of carbonyl (C=O) groups excluding carboxylic acids is 2. The van der Waals surface area contributed by atoms with E-state index in [2.05, 4.69) is 5.32 Å². The van der Waals surface area contributed by atoms with E-state index in [4.69, 9.17) is 9.47 Å². The zero-order chi connectivity index (χ0) is 21.5. The number of aryl methyl sites for hydroxylation is 1. The summed E-state index contributed by atoms with van der Waals surface area (Å²) in [6.07, 6.45) is 0.219. The highest BCUT2D eigenvalue weighted by molar-refractivity contribution is 6.01. The highest BCUT2D eigenvalue weighted by Gasteiger charge is 2.38. The van der Waals surface area contributed by atoms with Gasteiger partial charge in [-0.05, 0) is 62.6 Å². The Labute approximate surface area is 177 Å². The van der Waals surface area contributed by atoms with Gasteiger partial charge in [-0.25, -0.2) is 0 Å². The lowest BCUT2D eigenvalue weighted by molar-refractivity contribution is -0.127. The van der Waals surface area contributed by atoms with Crippen molar-refractivity contribution in [3.05, 3.63) is 53.1 Å². The SMILES string of the molecule is Cc1cccc(N2CC(C(=O)NC(C)(C)c3ccc4c(c3)OCCO4)CC2=O)c1C. The van der Waals surface area contributed by atoms with Crippen molar-refractivity contribution >= 4 is 17.5 Å². The van der Waals surface area contributed by atoms with Crippen LogP contribution in [0.15, 0.2) is 36.4 Å². The van der Waals surface area contributed by atoms with Crippen molar-refractivity contribution < 1.29 is 19.1 Å². The molecule has 0 saturated carbocycles. The standard InChI is InChI=1S/C24H28N2O4/c1-15-6-5-7-19(16(15)2)26-14-17(12-22(26)27)23(28)25-24(3,4)18-8-9-20-21(13-18)30-11-10-29-20/h5-9,13,17H,10-12,14H2,1-4H3,(H,25,28). The summed E-state index contributed by atoms with van der Waals surface area (Å²) in [5, 5.41) is 3.13. The number of benzene rings is 2. The van der Waals surface area contributed by atoms with Gasteiger partial charge in [-0.3, -0.25) is 9.59 Å². The predicted octanol–water partition coefficient (Wildman–Crippen LogP) is 3.48. The quantitative estimate of drug-likeness (QED) is 0.841. The molecule has 2 heterocycles. The first kappa shape index (κ1) is 20.3. The molecule has 0 bridgehead atoms. The molecule has 1 atom stereocenters. The van der Waals surface area contributed by atoms with Crippen LogP contribution in [0.5, 0.6) is 11.5 Å². The number of anilines is 1. The molecule has 0 spiro atoms. The van der Waals surface area contributed by atoms with Gasteiger partial charge in [0.1, 0.15) is 13.2 Å². The Morgan fingerprint density at radius 2 is 1.83 bits per heavy atom. The van der Waals surface area contributed by atoms with Crippen LogP contribution in [0.3, 0.4) is 0 Å². The summed E-state index contributed by atoms with van der Waals surface area (Å²) < 4.78 is 11.3. The van der Waals surface area contributed by atoms with Gasteiger partial charge in [0.25, 0.3) is 0 Å². The average Bonchev–Trinajstić information content (AvgIpc) is 3.11. The zero-order valence-corrected chi connectivity index (χ0v) is 18.0. The van der Waals surface area contributed by atoms with Crippen molar-refractivity contribution in [2.75, 3.05) is 24.7 Å². The molecule has 6 nitrogen and oxygen atoms in total. The minimum absolute atomic E-state index is 0.0130. The molecule has 2 aliphatic heterocycles. The van der Waals surface area contributed by atoms with Gasteiger partial charge in [0, 0.05) is 18.7 Å². The molecule has 1 fully saturated rings. The molecule has 1 N–H and O–H groups in total. The third kappa shape index (κ3) is 3.74. The second kappa shape index (κ2) is 7.67. The topological polar surface area (TPSA) is 67.9 Å². The minimum Gasteiger partial charge on any atom is -0.486 e. The van der Waals surface area contributed by atoms with Gasteiger partial charge in [0.15, 0.2) is 11.5 Å². The molecule has 2 aromatic rings. The van der Waals surface area contributed by atoms with Crippen LogP contribution in [0.2, 0.25) is 0 Å². The van der Waals surface area contributed by atoms with E-state index in [1.807, 2.05) is 64.1 Å². The van der Waals surface area contributed by atoms with E-state index < -0.39 is 5.54 Å². The van der Waals surface area contributed by atoms with Crippen LogP contribution in [0, 0.1) is 19.8 Å². The van der Waals surface area contributed by atoms with Crippen LogP contribution in [0.25, 0.3) is 0 Å². The number of nitrogens with one attached hydrogen (secondary N) is 1. The Balaban J connectivity index is 1.48. The number of nitrogens with zero attached hydrogens (tertiary/aromatic N) is 1. The molecule has 30 heavy (non-hydrogen) atoms. The van der Waals surface area contributed by atoms with Crippen LogP contribution >= 0.6 is 0 Å². The fourth-order valence-corrected chi connectivity index (χ4v) is 4.06. The number of rotatable bonds is 4. The van der Waals surface area contributed by atoms with E-state index in [1.165, 1.54) is 0 Å². The summed E-state index contributed by atoms with van der Waals surface area (Å²) in [6.45, 7) is 9.40. The van der Waals surface area contributed by atoms with Crippen LogP contribution in [0.4, 0.5) is 5.69 Å². The van der Waals surface area contributed by atoms with Crippen LogP contribution in [-0.4, -0.2) is 31.6 Å². The maximum Gasteiger partial charge on any atom is 0.227 e. The molecular weight excluding hydrogens is 380 g/mol. The van der Waals surface area contributed by atoms with E-state index in [1.54, 1.807) is 4.90 Å². The first-order valence-electron chi connectivity index (χ1n) is 10.3. The molecule has 1 saturated heterocycles. The first-order chi connectivity index (χ1) is 14.3. The second-order valence-electron chi connectivity index (χ2n) is 8.60. The minimum atomic E-state index is -0.608. The van der Waals surface area contributed by atoms with E-state index >= 15 is 0 Å². The Bertz CT molecular complexity index is 999. The summed E-state index contributed by atoms with van der Waals surface area (Å²) in [5.74, 6) is 0.904. The van der Waals surface area contributed by atoms with E-state index in [0.717, 1.165) is 28.1 Å². The predicted molar refractivity (Wildman–Crippen MR) is 115 cm³/mol. The Morgan fingerprint density at radius 1 is 1.10 bits per heavy atom. The fourth-order valence-electron chi connectivity index (χ4n) is 4.06. The fraction of sp³-hybridized carbons (Fsp3) is 0.417. The summed E-state index contributed by atoms with van der Waals surface area (Å²) in [4.78, 5) is 27.5. The van der Waals surface area contributed by atoms with Crippen molar-refractivity contribution in [2.45, 2.75) is 39.7 Å². The largest absolute Gasteiger partial charge is 0.486 e. The number of hydrogen-bond acceptors (Lipinski definition) is 4. The summed E-state index contributed by atoms with van der Waals surface area (Å²) >= 11 is 0. The Morgan fingerprint density at radius 3 is 2.60 bits per heavy atom. The molecular formula is C24H28N2O4. The van der Waals surface area contributed by atoms with Gasteiger partial charge in [-0.1, -0.05) is 18.2 Å². The number of fused-ring (bicyclic) bond motifs is 1. The van der Waals surface area contributed by atoms with Gasteiger partial charge < -0.3 is 19.7 Å². The van der Waals surface area contributed by atoms with Gasteiger partial charge in [0.05, 0.1) is 11.5 Å². The molecule has 0 aromatic heterocycles. The molecule has 2 amide bonds. The average molecular weight is 408 g/mol. The lowest BCUT2D eigenvalue weighted by Crippen LogP contribution is -2.44. The summed E-state index contributed by atoms with van der Waals surface area (Å²) in [7, 11) is 0. The molecule has 0 radical (unpaired) electrons. The third-order valence-electron chi connectivity index (χ3n) is 6.06. The molecule has 4 rings (SSSR count). The maximum absolute atomic E-state index is 13.1. The Kier molecular flexibility index (Phi) is 5.18. The third-order valence-corrected chi connectivity index (χ3v) is 6.06. The monoisotopic (exact) mass is 408 g/mol. The highest BCUT2D eigenvalue weighted by Crippen LogP contribution is 2.35.